The van der Waals surface area contributed by atoms with Crippen molar-refractivity contribution >= 4 is 27.6 Å². The molecular weight excluding hydrogens is 277 g/mol. The Morgan fingerprint density at radius 3 is 2.62 bits per heavy atom. The van der Waals surface area contributed by atoms with Crippen molar-refractivity contribution in [2.24, 2.45) is 0 Å². The minimum atomic E-state index is -0.741. The molecule has 0 saturated carbocycles. The second-order valence-corrected chi connectivity index (χ2v) is 4.59. The number of hydrogen-bond donors (Lipinski definition) is 1. The number of carbonyl (C=O) groups is 1. The molecule has 0 bridgehead atoms. The molecule has 1 aromatic carbocycles. The third-order valence-corrected chi connectivity index (χ3v) is 2.59. The van der Waals surface area contributed by atoms with Gasteiger partial charge in [-0.25, -0.2) is 9.18 Å². The minimum absolute atomic E-state index is 0.117. The number of esters is 1. The summed E-state index contributed by atoms with van der Waals surface area (Å²) in [6, 6.07) is 1.52. The molecule has 0 amide bonds. The SMILES string of the molecule is Cc1cc(Br)c(F)c(C(=O)OC(C)C)c1N. The van der Waals surface area contributed by atoms with Gasteiger partial charge in [0.2, 0.25) is 0 Å². The summed E-state index contributed by atoms with van der Waals surface area (Å²) in [6.07, 6.45) is -0.314. The molecule has 5 heteroatoms. The number of nitrogens with two attached hydrogens (primary N) is 1. The van der Waals surface area contributed by atoms with Crippen LogP contribution in [0.3, 0.4) is 0 Å². The number of benzene rings is 1. The van der Waals surface area contributed by atoms with Gasteiger partial charge in [0.25, 0.3) is 0 Å². The third-order valence-electron chi connectivity index (χ3n) is 2.01. The smallest absolute Gasteiger partial charge is 0.343 e. The predicted molar refractivity (Wildman–Crippen MR) is 63.8 cm³/mol. The fraction of sp³-hybridized carbons (Fsp3) is 0.364. The maximum absolute atomic E-state index is 13.7. The van der Waals surface area contributed by atoms with Crippen molar-refractivity contribution in [3.63, 3.8) is 0 Å². The Balaban J connectivity index is 3.27. The average Bonchev–Trinajstić information content (AvgIpc) is 2.14. The van der Waals surface area contributed by atoms with E-state index in [1.807, 2.05) is 0 Å². The minimum Gasteiger partial charge on any atom is -0.459 e. The number of rotatable bonds is 2. The Morgan fingerprint density at radius 2 is 2.12 bits per heavy atom. The number of carbonyl (C=O) groups excluding carboxylic acids is 1. The van der Waals surface area contributed by atoms with E-state index in [0.29, 0.717) is 5.56 Å². The molecule has 0 heterocycles. The number of halogens is 2. The number of ether oxygens (including phenoxy) is 1. The molecule has 16 heavy (non-hydrogen) atoms. The van der Waals surface area contributed by atoms with Gasteiger partial charge >= 0.3 is 5.97 Å². The second kappa shape index (κ2) is 4.82. The summed E-state index contributed by atoms with van der Waals surface area (Å²) >= 11 is 3.03. The van der Waals surface area contributed by atoms with E-state index in [9.17, 15) is 9.18 Å². The molecule has 2 N–H and O–H groups in total. The fourth-order valence-electron chi connectivity index (χ4n) is 1.24. The summed E-state index contributed by atoms with van der Waals surface area (Å²) in [4.78, 5) is 11.6. The first kappa shape index (κ1) is 13.0. The highest BCUT2D eigenvalue weighted by atomic mass is 79.9. The summed E-state index contributed by atoms with van der Waals surface area (Å²) < 4.78 is 18.8. The van der Waals surface area contributed by atoms with E-state index in [1.165, 1.54) is 6.07 Å². The van der Waals surface area contributed by atoms with E-state index < -0.39 is 11.8 Å². The highest BCUT2D eigenvalue weighted by Crippen LogP contribution is 2.28. The van der Waals surface area contributed by atoms with Crippen molar-refractivity contribution < 1.29 is 13.9 Å². The highest BCUT2D eigenvalue weighted by molar-refractivity contribution is 9.10. The molecule has 88 valence electrons. The summed E-state index contributed by atoms with van der Waals surface area (Å²) in [5.74, 6) is -1.43. The molecular formula is C11H13BrFNO2. The molecule has 0 fully saturated rings. The molecule has 1 rings (SSSR count). The summed E-state index contributed by atoms with van der Waals surface area (Å²) in [6.45, 7) is 5.08. The zero-order valence-electron chi connectivity index (χ0n) is 9.30. The summed E-state index contributed by atoms with van der Waals surface area (Å²) in [7, 11) is 0. The molecule has 0 unspecified atom stereocenters. The zero-order chi connectivity index (χ0) is 12.5. The van der Waals surface area contributed by atoms with E-state index in [4.69, 9.17) is 10.5 Å². The molecule has 0 radical (unpaired) electrons. The standard InChI is InChI=1S/C11H13BrFNO2/c1-5(2)16-11(15)8-9(13)7(12)4-6(3)10(8)14/h4-5H,14H2,1-3H3. The third kappa shape index (κ3) is 2.52. The second-order valence-electron chi connectivity index (χ2n) is 3.73. The molecule has 0 aliphatic carbocycles. The Bertz CT molecular complexity index is 406. The van der Waals surface area contributed by atoms with Gasteiger partial charge in [0.05, 0.1) is 16.3 Å². The lowest BCUT2D eigenvalue weighted by atomic mass is 10.1. The first-order chi connectivity index (χ1) is 7.34. The quantitative estimate of drug-likeness (QED) is 0.672. The van der Waals surface area contributed by atoms with Crippen molar-refractivity contribution in [3.05, 3.63) is 27.5 Å². The molecule has 0 aliphatic heterocycles. The van der Waals surface area contributed by atoms with Gasteiger partial charge in [-0.1, -0.05) is 0 Å². The number of hydrogen-bond acceptors (Lipinski definition) is 3. The molecule has 0 spiro atoms. The van der Waals surface area contributed by atoms with Gasteiger partial charge in [0.1, 0.15) is 5.56 Å². The average molecular weight is 290 g/mol. The molecule has 3 nitrogen and oxygen atoms in total. The van der Waals surface area contributed by atoms with Gasteiger partial charge in [0.15, 0.2) is 5.82 Å². The Labute approximate surface area is 102 Å². The maximum atomic E-state index is 13.7. The van der Waals surface area contributed by atoms with Crippen LogP contribution in [0, 0.1) is 12.7 Å². The monoisotopic (exact) mass is 289 g/mol. The van der Waals surface area contributed by atoms with Crippen molar-refractivity contribution in [3.8, 4) is 0 Å². The maximum Gasteiger partial charge on any atom is 0.343 e. The van der Waals surface area contributed by atoms with E-state index >= 15 is 0 Å². The summed E-state index contributed by atoms with van der Waals surface area (Å²) in [5.41, 5.74) is 6.21. The van der Waals surface area contributed by atoms with Gasteiger partial charge in [-0.05, 0) is 48.3 Å². The van der Waals surface area contributed by atoms with Crippen molar-refractivity contribution in [1.82, 2.24) is 0 Å². The first-order valence-electron chi connectivity index (χ1n) is 4.79. The van der Waals surface area contributed by atoms with E-state index in [-0.39, 0.29) is 21.8 Å². The summed E-state index contributed by atoms with van der Waals surface area (Å²) in [5, 5.41) is 0. The van der Waals surface area contributed by atoms with Crippen LogP contribution in [0.15, 0.2) is 10.5 Å². The van der Waals surface area contributed by atoms with E-state index in [2.05, 4.69) is 15.9 Å². The Kier molecular flexibility index (Phi) is 3.91. The first-order valence-corrected chi connectivity index (χ1v) is 5.59. The number of anilines is 1. The van der Waals surface area contributed by atoms with Gasteiger partial charge in [-0.15, -0.1) is 0 Å². The molecule has 0 saturated heterocycles. The molecule has 0 atom stereocenters. The molecule has 0 aliphatic rings. The zero-order valence-corrected chi connectivity index (χ0v) is 10.9. The fourth-order valence-corrected chi connectivity index (χ4v) is 1.78. The van der Waals surface area contributed by atoms with Crippen LogP contribution in [0.25, 0.3) is 0 Å². The normalized spacial score (nSPS) is 10.6. The van der Waals surface area contributed by atoms with Crippen LogP contribution in [0.5, 0.6) is 0 Å². The van der Waals surface area contributed by atoms with Crippen molar-refractivity contribution in [2.45, 2.75) is 26.9 Å². The van der Waals surface area contributed by atoms with Crippen LogP contribution in [-0.2, 0) is 4.74 Å². The number of aryl methyl sites for hydroxylation is 1. The largest absolute Gasteiger partial charge is 0.459 e. The van der Waals surface area contributed by atoms with Crippen molar-refractivity contribution in [2.75, 3.05) is 5.73 Å². The van der Waals surface area contributed by atoms with Crippen molar-refractivity contribution in [1.29, 1.82) is 0 Å². The van der Waals surface area contributed by atoms with Crippen LogP contribution >= 0.6 is 15.9 Å². The van der Waals surface area contributed by atoms with Crippen LogP contribution in [0.2, 0.25) is 0 Å². The Morgan fingerprint density at radius 1 is 1.56 bits per heavy atom. The Hall–Kier alpha value is -1.10. The van der Waals surface area contributed by atoms with Gasteiger partial charge < -0.3 is 10.5 Å². The van der Waals surface area contributed by atoms with E-state index in [0.717, 1.165) is 0 Å². The van der Waals surface area contributed by atoms with Gasteiger partial charge in [0, 0.05) is 0 Å². The highest BCUT2D eigenvalue weighted by Gasteiger charge is 2.21. The predicted octanol–water partition coefficient (Wildman–Crippen LogP) is 3.04. The lowest BCUT2D eigenvalue weighted by Gasteiger charge is -2.12. The van der Waals surface area contributed by atoms with Crippen LogP contribution < -0.4 is 5.73 Å². The topological polar surface area (TPSA) is 52.3 Å². The van der Waals surface area contributed by atoms with Crippen LogP contribution in [-0.4, -0.2) is 12.1 Å². The lowest BCUT2D eigenvalue weighted by Crippen LogP contribution is -2.16. The van der Waals surface area contributed by atoms with Crippen LogP contribution in [0.4, 0.5) is 10.1 Å². The van der Waals surface area contributed by atoms with Gasteiger partial charge in [-0.3, -0.25) is 0 Å². The molecule has 0 aromatic heterocycles. The lowest BCUT2D eigenvalue weighted by molar-refractivity contribution is 0.0373. The van der Waals surface area contributed by atoms with E-state index in [1.54, 1.807) is 20.8 Å². The number of nitrogen functional groups attached to an aromatic ring is 1. The van der Waals surface area contributed by atoms with Gasteiger partial charge in [-0.2, -0.15) is 0 Å². The molecule has 1 aromatic rings. The van der Waals surface area contributed by atoms with Crippen LogP contribution in [0.1, 0.15) is 29.8 Å².